The van der Waals surface area contributed by atoms with Crippen LogP contribution in [0.2, 0.25) is 0 Å². The van der Waals surface area contributed by atoms with Crippen molar-refractivity contribution in [2.24, 2.45) is 5.92 Å². The fourth-order valence-corrected chi connectivity index (χ4v) is 5.51. The minimum atomic E-state index is -1.20. The average Bonchev–Trinajstić information content (AvgIpc) is 3.47. The zero-order chi connectivity index (χ0) is 24.6. The van der Waals surface area contributed by atoms with Gasteiger partial charge in [-0.3, -0.25) is 14.5 Å². The van der Waals surface area contributed by atoms with Crippen LogP contribution in [0.5, 0.6) is 0 Å². The molecule has 0 aliphatic carbocycles. The first-order valence-corrected chi connectivity index (χ1v) is 11.9. The molecule has 4 amide bonds. The lowest BCUT2D eigenvalue weighted by Crippen LogP contribution is -2.58. The Morgan fingerprint density at radius 3 is 2.40 bits per heavy atom. The number of hydrogen-bond donors (Lipinski definition) is 1. The molecule has 3 heterocycles. The Balaban J connectivity index is 1.39. The maximum absolute atomic E-state index is 14.2. The number of piperidine rings is 1. The van der Waals surface area contributed by atoms with Crippen LogP contribution < -0.4 is 5.32 Å². The van der Waals surface area contributed by atoms with Gasteiger partial charge in [-0.15, -0.1) is 0 Å². The molecule has 0 radical (unpaired) electrons. The molecule has 0 spiro atoms. The van der Waals surface area contributed by atoms with Gasteiger partial charge in [0.15, 0.2) is 0 Å². The highest BCUT2D eigenvalue weighted by Crippen LogP contribution is 2.38. The van der Waals surface area contributed by atoms with E-state index in [0.29, 0.717) is 45.6 Å². The van der Waals surface area contributed by atoms with Gasteiger partial charge < -0.3 is 15.0 Å². The monoisotopic (exact) mass is 483 g/mol. The van der Waals surface area contributed by atoms with Crippen molar-refractivity contribution in [1.82, 2.24) is 15.1 Å². The van der Waals surface area contributed by atoms with Crippen LogP contribution in [0.25, 0.3) is 0 Å². The summed E-state index contributed by atoms with van der Waals surface area (Å²) < 4.78 is 33.1. The van der Waals surface area contributed by atoms with Gasteiger partial charge in [0, 0.05) is 26.1 Å². The Kier molecular flexibility index (Phi) is 6.27. The summed E-state index contributed by atoms with van der Waals surface area (Å²) in [7, 11) is 0. The Morgan fingerprint density at radius 2 is 1.74 bits per heavy atom. The quantitative estimate of drug-likeness (QED) is 0.663. The van der Waals surface area contributed by atoms with Crippen LogP contribution in [0.4, 0.5) is 13.6 Å². The number of benzene rings is 2. The predicted octanol–water partition coefficient (Wildman–Crippen LogP) is 3.14. The summed E-state index contributed by atoms with van der Waals surface area (Å²) in [6.45, 7) is 1.46. The third-order valence-corrected chi connectivity index (χ3v) is 7.40. The third-order valence-electron chi connectivity index (χ3n) is 7.40. The summed E-state index contributed by atoms with van der Waals surface area (Å²) in [5.41, 5.74) is -0.455. The van der Waals surface area contributed by atoms with E-state index in [2.05, 4.69) is 5.32 Å². The summed E-state index contributed by atoms with van der Waals surface area (Å²) in [4.78, 5) is 42.7. The van der Waals surface area contributed by atoms with E-state index in [0.717, 1.165) is 5.56 Å². The molecule has 184 valence electrons. The number of amides is 4. The number of rotatable bonds is 5. The van der Waals surface area contributed by atoms with Crippen molar-refractivity contribution in [3.8, 4) is 0 Å². The van der Waals surface area contributed by atoms with Crippen molar-refractivity contribution in [2.75, 3.05) is 26.3 Å². The second-order valence-corrected chi connectivity index (χ2v) is 9.44. The molecule has 9 heteroatoms. The van der Waals surface area contributed by atoms with E-state index in [1.165, 1.54) is 35.2 Å². The molecule has 7 nitrogen and oxygen atoms in total. The highest BCUT2D eigenvalue weighted by molar-refractivity contribution is 6.08. The van der Waals surface area contributed by atoms with E-state index in [-0.39, 0.29) is 41.6 Å². The van der Waals surface area contributed by atoms with Crippen LogP contribution in [0.1, 0.15) is 35.2 Å². The van der Waals surface area contributed by atoms with Crippen LogP contribution in [-0.2, 0) is 16.0 Å². The molecule has 3 aliphatic rings. The summed E-state index contributed by atoms with van der Waals surface area (Å²) in [5, 5.41) is 2.99. The number of nitrogens with one attached hydrogen (secondary N) is 1. The van der Waals surface area contributed by atoms with E-state index >= 15 is 0 Å². The van der Waals surface area contributed by atoms with Gasteiger partial charge in [0.2, 0.25) is 0 Å². The molecule has 5 rings (SSSR count). The molecule has 0 saturated carbocycles. The van der Waals surface area contributed by atoms with Gasteiger partial charge in [-0.25, -0.2) is 13.6 Å². The highest BCUT2D eigenvalue weighted by atomic mass is 19.1. The number of hydrogen-bond acceptors (Lipinski definition) is 4. The van der Waals surface area contributed by atoms with E-state index in [1.807, 2.05) is 0 Å². The largest absolute Gasteiger partial charge is 0.379 e. The minimum Gasteiger partial charge on any atom is -0.379 e. The lowest BCUT2D eigenvalue weighted by molar-refractivity contribution is -0.135. The van der Waals surface area contributed by atoms with E-state index in [1.54, 1.807) is 23.1 Å². The first kappa shape index (κ1) is 23.4. The van der Waals surface area contributed by atoms with Gasteiger partial charge in [0.25, 0.3) is 11.8 Å². The molecule has 0 aromatic heterocycles. The molecule has 3 saturated heterocycles. The summed E-state index contributed by atoms with van der Waals surface area (Å²) in [6, 6.07) is 11.0. The van der Waals surface area contributed by atoms with E-state index in [4.69, 9.17) is 4.74 Å². The van der Waals surface area contributed by atoms with Crippen molar-refractivity contribution in [3.63, 3.8) is 0 Å². The van der Waals surface area contributed by atoms with E-state index in [9.17, 15) is 23.2 Å². The highest BCUT2D eigenvalue weighted by Gasteiger charge is 2.57. The van der Waals surface area contributed by atoms with Crippen LogP contribution in [0, 0.1) is 17.6 Å². The smallest absolute Gasteiger partial charge is 0.325 e. The lowest BCUT2D eigenvalue weighted by Gasteiger charge is -2.41. The van der Waals surface area contributed by atoms with Gasteiger partial charge in [-0.1, -0.05) is 24.3 Å². The normalized spacial score (nSPS) is 25.3. The fourth-order valence-electron chi connectivity index (χ4n) is 5.51. The first-order valence-electron chi connectivity index (χ1n) is 11.9. The number of halogens is 2. The molecule has 2 atom stereocenters. The second kappa shape index (κ2) is 9.37. The van der Waals surface area contributed by atoms with Gasteiger partial charge in [0.1, 0.15) is 17.2 Å². The van der Waals surface area contributed by atoms with Gasteiger partial charge >= 0.3 is 6.03 Å². The van der Waals surface area contributed by atoms with Crippen LogP contribution in [-0.4, -0.2) is 65.5 Å². The molecule has 35 heavy (non-hydrogen) atoms. The predicted molar refractivity (Wildman–Crippen MR) is 122 cm³/mol. The van der Waals surface area contributed by atoms with Gasteiger partial charge in [-0.05, 0) is 55.0 Å². The van der Waals surface area contributed by atoms with Crippen molar-refractivity contribution < 1.29 is 27.9 Å². The second-order valence-electron chi connectivity index (χ2n) is 9.44. The molecule has 0 bridgehead atoms. The molecule has 3 fully saturated rings. The summed E-state index contributed by atoms with van der Waals surface area (Å²) >= 11 is 0. The van der Waals surface area contributed by atoms with Crippen LogP contribution in [0.15, 0.2) is 48.5 Å². The Labute approximate surface area is 202 Å². The number of carbonyl (C=O) groups is 3. The van der Waals surface area contributed by atoms with Crippen LogP contribution in [0.3, 0.4) is 0 Å². The van der Waals surface area contributed by atoms with Crippen LogP contribution >= 0.6 is 0 Å². The van der Waals surface area contributed by atoms with Gasteiger partial charge in [-0.2, -0.15) is 0 Å². The molecule has 0 unspecified atom stereocenters. The standard InChI is InChI=1S/C26H27F2N3O4/c27-19-7-5-17(6-8-19)15-26(24(33)31(25(34)29-26)20-11-14-35-16-20)18-9-12-30(13-10-18)23(32)21-3-1-2-4-22(21)28/h1-8,18,20H,9-16H2,(H,29,34)/t20-,26+/m1/s1. The fraction of sp³-hybridized carbons (Fsp3) is 0.423. The van der Waals surface area contributed by atoms with Crippen molar-refractivity contribution in [2.45, 2.75) is 37.3 Å². The maximum atomic E-state index is 14.2. The molecule has 3 aliphatic heterocycles. The molecule has 2 aromatic carbocycles. The minimum absolute atomic E-state index is 0.0182. The third kappa shape index (κ3) is 4.29. The van der Waals surface area contributed by atoms with Crippen molar-refractivity contribution >= 4 is 17.8 Å². The van der Waals surface area contributed by atoms with Gasteiger partial charge in [0.05, 0.1) is 18.2 Å². The van der Waals surface area contributed by atoms with Crippen molar-refractivity contribution in [1.29, 1.82) is 0 Å². The number of ether oxygens (including phenoxy) is 1. The number of urea groups is 1. The molecular formula is C26H27F2N3O4. The molecular weight excluding hydrogens is 456 g/mol. The number of imide groups is 1. The number of likely N-dealkylation sites (tertiary alicyclic amines) is 1. The van der Waals surface area contributed by atoms with Crippen molar-refractivity contribution in [3.05, 3.63) is 71.3 Å². The maximum Gasteiger partial charge on any atom is 0.325 e. The molecule has 1 N–H and O–H groups in total. The Morgan fingerprint density at radius 1 is 1.03 bits per heavy atom. The lowest BCUT2D eigenvalue weighted by atomic mass is 9.73. The topological polar surface area (TPSA) is 79.0 Å². The summed E-state index contributed by atoms with van der Waals surface area (Å²) in [6.07, 6.45) is 1.72. The average molecular weight is 484 g/mol. The summed E-state index contributed by atoms with van der Waals surface area (Å²) in [5.74, 6) is -1.89. The number of nitrogens with zero attached hydrogens (tertiary/aromatic N) is 2. The van der Waals surface area contributed by atoms with E-state index < -0.39 is 17.4 Å². The molecule has 2 aromatic rings. The first-order chi connectivity index (χ1) is 16.9. The zero-order valence-corrected chi connectivity index (χ0v) is 19.2. The number of carbonyl (C=O) groups excluding carboxylic acids is 3. The Hall–Kier alpha value is -3.33. The Bertz CT molecular complexity index is 1130. The zero-order valence-electron chi connectivity index (χ0n) is 19.2. The SMILES string of the molecule is O=C(c1ccccc1F)N1CCC([C@]2(Cc3ccc(F)cc3)NC(=O)N([C@@H]3CCOC3)C2=O)CC1.